The molecule has 1 atom stereocenters. The molecule has 2 amide bonds. The zero-order valence-electron chi connectivity index (χ0n) is 14.6. The first kappa shape index (κ1) is 17.5. The van der Waals surface area contributed by atoms with Crippen LogP contribution in [0.25, 0.3) is 0 Å². The van der Waals surface area contributed by atoms with Gasteiger partial charge in [0.2, 0.25) is 0 Å². The molecule has 2 N–H and O–H groups in total. The smallest absolute Gasteiger partial charge is 0.319 e. The van der Waals surface area contributed by atoms with Gasteiger partial charge in [0.15, 0.2) is 0 Å². The molecule has 132 valence electrons. The molecule has 5 nitrogen and oxygen atoms in total. The molecular formula is C20H25N3O2. The second-order valence-corrected chi connectivity index (χ2v) is 6.28. The van der Waals surface area contributed by atoms with E-state index in [4.69, 9.17) is 4.74 Å². The van der Waals surface area contributed by atoms with Crippen molar-refractivity contribution in [2.45, 2.75) is 13.0 Å². The summed E-state index contributed by atoms with van der Waals surface area (Å²) in [6, 6.07) is 18.1. The maximum absolute atomic E-state index is 12.3. The number of nitrogens with zero attached hydrogens (tertiary/aromatic N) is 1. The molecule has 0 spiro atoms. The number of hydrogen-bond acceptors (Lipinski definition) is 3. The Labute approximate surface area is 149 Å². The number of carbonyl (C=O) groups excluding carboxylic acids is 1. The normalized spacial score (nSPS) is 16.2. The van der Waals surface area contributed by atoms with Crippen molar-refractivity contribution in [3.8, 4) is 0 Å². The molecule has 0 saturated carbocycles. The van der Waals surface area contributed by atoms with E-state index in [1.54, 1.807) is 0 Å². The molecule has 0 aliphatic carbocycles. The van der Waals surface area contributed by atoms with E-state index in [1.807, 2.05) is 49.4 Å². The number of hydrogen-bond donors (Lipinski definition) is 2. The highest BCUT2D eigenvalue weighted by Crippen LogP contribution is 2.21. The minimum absolute atomic E-state index is 0.147. The van der Waals surface area contributed by atoms with Crippen molar-refractivity contribution in [3.05, 3.63) is 65.7 Å². The SMILES string of the molecule is Cc1ccc(NC(=O)NCC(c2ccccc2)N2CCOCC2)cc1. The third-order valence-electron chi connectivity index (χ3n) is 4.44. The molecule has 1 unspecified atom stereocenters. The number of anilines is 1. The van der Waals surface area contributed by atoms with Gasteiger partial charge in [0.25, 0.3) is 0 Å². The number of aryl methyl sites for hydroxylation is 1. The Bertz CT molecular complexity index is 667. The van der Waals surface area contributed by atoms with Gasteiger partial charge in [-0.25, -0.2) is 4.79 Å². The van der Waals surface area contributed by atoms with E-state index in [0.29, 0.717) is 6.54 Å². The molecule has 1 aliphatic rings. The molecule has 2 aromatic carbocycles. The molecule has 3 rings (SSSR count). The van der Waals surface area contributed by atoms with Gasteiger partial charge >= 0.3 is 6.03 Å². The lowest BCUT2D eigenvalue weighted by Gasteiger charge is -2.34. The van der Waals surface area contributed by atoms with Crippen LogP contribution in [0.2, 0.25) is 0 Å². The minimum atomic E-state index is -0.182. The van der Waals surface area contributed by atoms with E-state index in [1.165, 1.54) is 11.1 Å². The van der Waals surface area contributed by atoms with Crippen molar-refractivity contribution in [1.29, 1.82) is 0 Å². The topological polar surface area (TPSA) is 53.6 Å². The van der Waals surface area contributed by atoms with Crippen LogP contribution in [0.5, 0.6) is 0 Å². The number of amides is 2. The van der Waals surface area contributed by atoms with Gasteiger partial charge in [0.05, 0.1) is 19.3 Å². The summed E-state index contributed by atoms with van der Waals surface area (Å²) >= 11 is 0. The second-order valence-electron chi connectivity index (χ2n) is 6.28. The molecule has 1 saturated heterocycles. The van der Waals surface area contributed by atoms with Crippen molar-refractivity contribution in [3.63, 3.8) is 0 Å². The zero-order chi connectivity index (χ0) is 17.5. The lowest BCUT2D eigenvalue weighted by molar-refractivity contribution is 0.0168. The molecule has 0 aromatic heterocycles. The lowest BCUT2D eigenvalue weighted by atomic mass is 10.0. The highest BCUT2D eigenvalue weighted by atomic mass is 16.5. The summed E-state index contributed by atoms with van der Waals surface area (Å²) in [5.74, 6) is 0. The third kappa shape index (κ3) is 5.05. The molecule has 25 heavy (non-hydrogen) atoms. The van der Waals surface area contributed by atoms with Crippen LogP contribution in [0.15, 0.2) is 54.6 Å². The van der Waals surface area contributed by atoms with Crippen LogP contribution in [0.1, 0.15) is 17.2 Å². The van der Waals surface area contributed by atoms with E-state index in [9.17, 15) is 4.79 Å². The van der Waals surface area contributed by atoms with Gasteiger partial charge in [-0.2, -0.15) is 0 Å². The molecule has 0 radical (unpaired) electrons. The van der Waals surface area contributed by atoms with Crippen LogP contribution in [0.3, 0.4) is 0 Å². The van der Waals surface area contributed by atoms with Crippen LogP contribution in [-0.2, 0) is 4.74 Å². The van der Waals surface area contributed by atoms with Gasteiger partial charge in [-0.05, 0) is 24.6 Å². The van der Waals surface area contributed by atoms with E-state index in [0.717, 1.165) is 32.0 Å². The number of benzene rings is 2. The highest BCUT2D eigenvalue weighted by molar-refractivity contribution is 5.89. The molecule has 1 aliphatic heterocycles. The maximum Gasteiger partial charge on any atom is 0.319 e. The molecule has 1 heterocycles. The van der Waals surface area contributed by atoms with Gasteiger partial charge in [-0.3, -0.25) is 4.90 Å². The summed E-state index contributed by atoms with van der Waals surface area (Å²) in [5, 5.41) is 5.89. The van der Waals surface area contributed by atoms with Gasteiger partial charge in [0, 0.05) is 25.3 Å². The molecule has 1 fully saturated rings. The summed E-state index contributed by atoms with van der Waals surface area (Å²) in [7, 11) is 0. The quantitative estimate of drug-likeness (QED) is 0.880. The first-order valence-electron chi connectivity index (χ1n) is 8.70. The van der Waals surface area contributed by atoms with Crippen LogP contribution in [0, 0.1) is 6.92 Å². The number of carbonyl (C=O) groups is 1. The van der Waals surface area contributed by atoms with Crippen molar-refractivity contribution in [2.24, 2.45) is 0 Å². The van der Waals surface area contributed by atoms with Gasteiger partial charge in [-0.15, -0.1) is 0 Å². The van der Waals surface area contributed by atoms with E-state index >= 15 is 0 Å². The predicted octanol–water partition coefficient (Wildman–Crippen LogP) is 3.19. The lowest BCUT2D eigenvalue weighted by Crippen LogP contribution is -2.44. The van der Waals surface area contributed by atoms with Crippen LogP contribution >= 0.6 is 0 Å². The van der Waals surface area contributed by atoms with Gasteiger partial charge < -0.3 is 15.4 Å². The van der Waals surface area contributed by atoms with Crippen LogP contribution in [-0.4, -0.2) is 43.8 Å². The Kier molecular flexibility index (Phi) is 6.04. The van der Waals surface area contributed by atoms with E-state index < -0.39 is 0 Å². The Morgan fingerprint density at radius 2 is 1.76 bits per heavy atom. The zero-order valence-corrected chi connectivity index (χ0v) is 14.6. The van der Waals surface area contributed by atoms with Gasteiger partial charge in [0.1, 0.15) is 0 Å². The average Bonchev–Trinajstić information content (AvgIpc) is 2.66. The fourth-order valence-electron chi connectivity index (χ4n) is 3.02. The fourth-order valence-corrected chi connectivity index (χ4v) is 3.02. The number of morpholine rings is 1. The van der Waals surface area contributed by atoms with E-state index in [2.05, 4.69) is 27.7 Å². The minimum Gasteiger partial charge on any atom is -0.379 e. The van der Waals surface area contributed by atoms with Crippen molar-refractivity contribution in [2.75, 3.05) is 38.2 Å². The number of urea groups is 1. The van der Waals surface area contributed by atoms with Crippen molar-refractivity contribution < 1.29 is 9.53 Å². The van der Waals surface area contributed by atoms with Gasteiger partial charge in [-0.1, -0.05) is 48.0 Å². The van der Waals surface area contributed by atoms with Crippen LogP contribution in [0.4, 0.5) is 10.5 Å². The second kappa shape index (κ2) is 8.65. The molecule has 2 aromatic rings. The third-order valence-corrected chi connectivity index (χ3v) is 4.44. The molecular weight excluding hydrogens is 314 g/mol. The summed E-state index contributed by atoms with van der Waals surface area (Å²) in [5.41, 5.74) is 3.17. The maximum atomic E-state index is 12.3. The molecule has 0 bridgehead atoms. The standard InChI is InChI=1S/C20H25N3O2/c1-16-7-9-18(10-8-16)22-20(24)21-15-19(17-5-3-2-4-6-17)23-11-13-25-14-12-23/h2-10,19H,11-15H2,1H3,(H2,21,22,24). The summed E-state index contributed by atoms with van der Waals surface area (Å²) in [4.78, 5) is 14.6. The Morgan fingerprint density at radius 1 is 1.08 bits per heavy atom. The largest absolute Gasteiger partial charge is 0.379 e. The summed E-state index contributed by atoms with van der Waals surface area (Å²) < 4.78 is 5.46. The van der Waals surface area contributed by atoms with Crippen LogP contribution < -0.4 is 10.6 Å². The first-order valence-corrected chi connectivity index (χ1v) is 8.70. The molecule has 5 heteroatoms. The van der Waals surface area contributed by atoms with E-state index in [-0.39, 0.29) is 12.1 Å². The summed E-state index contributed by atoms with van der Waals surface area (Å²) in [6.07, 6.45) is 0. The first-order chi connectivity index (χ1) is 12.2. The van der Waals surface area contributed by atoms with Crippen molar-refractivity contribution in [1.82, 2.24) is 10.2 Å². The highest BCUT2D eigenvalue weighted by Gasteiger charge is 2.23. The Hall–Kier alpha value is -2.37. The Morgan fingerprint density at radius 3 is 2.44 bits per heavy atom. The summed E-state index contributed by atoms with van der Waals surface area (Å²) in [6.45, 7) is 5.80. The number of nitrogens with one attached hydrogen (secondary N) is 2. The average molecular weight is 339 g/mol. The fraction of sp³-hybridized carbons (Fsp3) is 0.350. The number of rotatable bonds is 5. The number of ether oxygens (including phenoxy) is 1. The predicted molar refractivity (Wildman–Crippen MR) is 99.8 cm³/mol. The Balaban J connectivity index is 1.61. The van der Waals surface area contributed by atoms with Crippen molar-refractivity contribution >= 4 is 11.7 Å². The monoisotopic (exact) mass is 339 g/mol.